The van der Waals surface area contributed by atoms with Crippen LogP contribution in [0.5, 0.6) is 11.5 Å². The van der Waals surface area contributed by atoms with Gasteiger partial charge in [-0.1, -0.05) is 23.7 Å². The van der Waals surface area contributed by atoms with E-state index in [4.69, 9.17) is 26.9 Å². The van der Waals surface area contributed by atoms with Crippen LogP contribution in [0.15, 0.2) is 59.5 Å². The number of carbonyl (C=O) groups excluding carboxylic acids is 1. The average Bonchev–Trinajstić information content (AvgIpc) is 2.80. The first-order chi connectivity index (χ1) is 16.6. The Hall–Kier alpha value is -3.85. The molecule has 7 nitrogen and oxygen atoms in total. The van der Waals surface area contributed by atoms with E-state index in [0.717, 1.165) is 5.56 Å². The van der Waals surface area contributed by atoms with Crippen LogP contribution in [0.3, 0.4) is 0 Å². The molecule has 3 rings (SSSR count). The van der Waals surface area contributed by atoms with Crippen molar-refractivity contribution in [1.82, 2.24) is 0 Å². The SMILES string of the molecule is Cc1cc(S(=O)(=O)CCC#N)ccc1NC(=O)Cc1ccc(C)c(Oc2cc(Cl)cc(C#N)c2)c1. The lowest BCUT2D eigenvalue weighted by molar-refractivity contribution is -0.115. The van der Waals surface area contributed by atoms with Crippen molar-refractivity contribution in [2.75, 3.05) is 11.1 Å². The van der Waals surface area contributed by atoms with Gasteiger partial charge in [-0.15, -0.1) is 0 Å². The molecule has 0 spiro atoms. The lowest BCUT2D eigenvalue weighted by Gasteiger charge is -2.13. The van der Waals surface area contributed by atoms with Gasteiger partial charge >= 0.3 is 0 Å². The highest BCUT2D eigenvalue weighted by atomic mass is 35.5. The van der Waals surface area contributed by atoms with Crippen molar-refractivity contribution in [1.29, 1.82) is 10.5 Å². The molecule has 0 saturated carbocycles. The Bertz CT molecular complexity index is 1470. The Kier molecular flexibility index (Phi) is 8.14. The van der Waals surface area contributed by atoms with Crippen molar-refractivity contribution < 1.29 is 17.9 Å². The monoisotopic (exact) mass is 507 g/mol. The van der Waals surface area contributed by atoms with Gasteiger partial charge in [-0.05, 0) is 73.0 Å². The molecule has 0 saturated heterocycles. The van der Waals surface area contributed by atoms with Gasteiger partial charge in [-0.3, -0.25) is 4.79 Å². The van der Waals surface area contributed by atoms with E-state index in [0.29, 0.717) is 38.9 Å². The number of ether oxygens (including phenoxy) is 1. The molecule has 0 atom stereocenters. The number of hydrogen-bond acceptors (Lipinski definition) is 6. The minimum absolute atomic E-state index is 0.0668. The quantitative estimate of drug-likeness (QED) is 0.430. The maximum Gasteiger partial charge on any atom is 0.228 e. The fraction of sp³-hybridized carbons (Fsp3) is 0.192. The van der Waals surface area contributed by atoms with E-state index < -0.39 is 9.84 Å². The number of hydrogen-bond donors (Lipinski definition) is 1. The molecule has 0 aliphatic rings. The van der Waals surface area contributed by atoms with Crippen molar-refractivity contribution in [3.63, 3.8) is 0 Å². The van der Waals surface area contributed by atoms with E-state index in [2.05, 4.69) is 5.32 Å². The zero-order chi connectivity index (χ0) is 25.6. The highest BCUT2D eigenvalue weighted by Gasteiger charge is 2.16. The van der Waals surface area contributed by atoms with E-state index in [1.54, 1.807) is 31.2 Å². The van der Waals surface area contributed by atoms with Gasteiger partial charge in [0.15, 0.2) is 9.84 Å². The third-order valence-electron chi connectivity index (χ3n) is 5.16. The molecule has 1 amide bonds. The van der Waals surface area contributed by atoms with Crippen molar-refractivity contribution in [3.05, 3.63) is 81.9 Å². The molecule has 0 radical (unpaired) electrons. The first-order valence-electron chi connectivity index (χ1n) is 10.6. The molecule has 0 aliphatic heterocycles. The zero-order valence-electron chi connectivity index (χ0n) is 19.1. The molecular formula is C26H22ClN3O4S. The maximum atomic E-state index is 12.7. The third kappa shape index (κ3) is 6.83. The second kappa shape index (κ2) is 11.1. The standard InChI is InChI=1S/C26H22ClN3O4S/c1-17-4-5-19(13-25(17)34-22-12-20(16-29)11-21(27)15-22)14-26(31)30-24-7-6-23(10-18(24)2)35(32,33)9-3-8-28/h4-7,10-13,15H,3,9,14H2,1-2H3,(H,30,31). The van der Waals surface area contributed by atoms with Crippen LogP contribution in [0, 0.1) is 36.5 Å². The summed E-state index contributed by atoms with van der Waals surface area (Å²) in [6, 6.07) is 18.4. The van der Waals surface area contributed by atoms with Crippen LogP contribution < -0.4 is 10.1 Å². The Morgan fingerprint density at radius 2 is 1.80 bits per heavy atom. The highest BCUT2D eigenvalue weighted by molar-refractivity contribution is 7.91. The molecule has 0 fully saturated rings. The van der Waals surface area contributed by atoms with Gasteiger partial charge in [0.25, 0.3) is 0 Å². The minimum atomic E-state index is -3.56. The topological polar surface area (TPSA) is 120 Å². The van der Waals surface area contributed by atoms with E-state index in [1.807, 2.05) is 31.2 Å². The Morgan fingerprint density at radius 1 is 1.03 bits per heavy atom. The summed E-state index contributed by atoms with van der Waals surface area (Å²) in [6.07, 6.45) is -0.0176. The Labute approximate surface area is 209 Å². The van der Waals surface area contributed by atoms with Gasteiger partial charge in [0.05, 0.1) is 34.8 Å². The number of aryl methyl sites for hydroxylation is 2. The second-order valence-corrected chi connectivity index (χ2v) is 10.5. The van der Waals surface area contributed by atoms with Gasteiger partial charge in [0.2, 0.25) is 5.91 Å². The van der Waals surface area contributed by atoms with Crippen molar-refractivity contribution in [2.24, 2.45) is 0 Å². The molecule has 0 aliphatic carbocycles. The van der Waals surface area contributed by atoms with Crippen LogP contribution in [-0.2, 0) is 21.1 Å². The summed E-state index contributed by atoms with van der Waals surface area (Å²) < 4.78 is 30.5. The lowest BCUT2D eigenvalue weighted by Crippen LogP contribution is -2.15. The van der Waals surface area contributed by atoms with Gasteiger partial charge < -0.3 is 10.1 Å². The van der Waals surface area contributed by atoms with Gasteiger partial charge in [0.1, 0.15) is 11.5 Å². The molecule has 0 aromatic heterocycles. The summed E-state index contributed by atoms with van der Waals surface area (Å²) in [7, 11) is -3.56. The number of nitriles is 2. The van der Waals surface area contributed by atoms with Gasteiger partial charge in [-0.25, -0.2) is 8.42 Å². The molecular weight excluding hydrogens is 486 g/mol. The maximum absolute atomic E-state index is 12.7. The Balaban J connectivity index is 1.73. The van der Waals surface area contributed by atoms with Crippen LogP contribution >= 0.6 is 11.6 Å². The molecule has 3 aromatic rings. The first kappa shape index (κ1) is 25.8. The molecule has 35 heavy (non-hydrogen) atoms. The summed E-state index contributed by atoms with van der Waals surface area (Å²) in [4.78, 5) is 12.8. The fourth-order valence-corrected chi connectivity index (χ4v) is 4.78. The van der Waals surface area contributed by atoms with Crippen molar-refractivity contribution in [2.45, 2.75) is 31.6 Å². The summed E-state index contributed by atoms with van der Waals surface area (Å²) >= 11 is 6.05. The van der Waals surface area contributed by atoms with Crippen LogP contribution in [0.2, 0.25) is 5.02 Å². The van der Waals surface area contributed by atoms with Crippen LogP contribution in [-0.4, -0.2) is 20.1 Å². The van der Waals surface area contributed by atoms with E-state index in [9.17, 15) is 13.2 Å². The van der Waals surface area contributed by atoms with Crippen LogP contribution in [0.25, 0.3) is 0 Å². The largest absolute Gasteiger partial charge is 0.457 e. The number of amides is 1. The molecule has 1 N–H and O–H groups in total. The predicted molar refractivity (Wildman–Crippen MR) is 133 cm³/mol. The Morgan fingerprint density at radius 3 is 2.49 bits per heavy atom. The third-order valence-corrected chi connectivity index (χ3v) is 7.09. The van der Waals surface area contributed by atoms with Crippen LogP contribution in [0.4, 0.5) is 5.69 Å². The molecule has 0 heterocycles. The number of sulfone groups is 1. The molecule has 0 unspecified atom stereocenters. The summed E-state index contributed by atoms with van der Waals surface area (Å²) in [5.74, 6) is 0.417. The normalized spacial score (nSPS) is 10.8. The van der Waals surface area contributed by atoms with Gasteiger partial charge in [0, 0.05) is 17.1 Å². The van der Waals surface area contributed by atoms with E-state index >= 15 is 0 Å². The number of benzene rings is 3. The predicted octanol–water partition coefficient (Wildman–Crippen LogP) is 5.49. The van der Waals surface area contributed by atoms with E-state index in [-0.39, 0.29) is 29.4 Å². The number of nitrogens with one attached hydrogen (secondary N) is 1. The average molecular weight is 508 g/mol. The number of nitrogens with zero attached hydrogens (tertiary/aromatic N) is 2. The zero-order valence-corrected chi connectivity index (χ0v) is 20.7. The fourth-order valence-electron chi connectivity index (χ4n) is 3.33. The van der Waals surface area contributed by atoms with E-state index in [1.165, 1.54) is 18.2 Å². The number of anilines is 1. The second-order valence-electron chi connectivity index (χ2n) is 7.92. The number of carbonyl (C=O) groups is 1. The number of rotatable bonds is 8. The summed E-state index contributed by atoms with van der Waals surface area (Å²) in [5.41, 5.74) is 3.02. The van der Waals surface area contributed by atoms with Gasteiger partial charge in [-0.2, -0.15) is 10.5 Å². The molecule has 0 bridgehead atoms. The molecule has 3 aromatic carbocycles. The lowest BCUT2D eigenvalue weighted by atomic mass is 10.1. The number of halogens is 1. The summed E-state index contributed by atoms with van der Waals surface area (Å²) in [5, 5.41) is 21.0. The minimum Gasteiger partial charge on any atom is -0.457 e. The van der Waals surface area contributed by atoms with Crippen LogP contribution in [0.1, 0.15) is 28.7 Å². The smallest absolute Gasteiger partial charge is 0.228 e. The van der Waals surface area contributed by atoms with Crippen molar-refractivity contribution in [3.8, 4) is 23.6 Å². The summed E-state index contributed by atoms with van der Waals surface area (Å²) in [6.45, 7) is 3.57. The highest BCUT2D eigenvalue weighted by Crippen LogP contribution is 2.29. The molecule has 178 valence electrons. The first-order valence-corrected chi connectivity index (χ1v) is 12.6. The van der Waals surface area contributed by atoms with Crippen molar-refractivity contribution >= 4 is 33.0 Å². The molecule has 9 heteroatoms.